The van der Waals surface area contributed by atoms with Gasteiger partial charge in [-0.1, -0.05) is 18.2 Å². The van der Waals surface area contributed by atoms with E-state index in [1.165, 1.54) is 19.4 Å². The summed E-state index contributed by atoms with van der Waals surface area (Å²) in [7, 11) is 1.50. The molecule has 11 nitrogen and oxygen atoms in total. The lowest BCUT2D eigenvalue weighted by atomic mass is 10.2. The molecule has 148 valence electrons. The monoisotopic (exact) mass is 396 g/mol. The number of ether oxygens (including phenoxy) is 1. The van der Waals surface area contributed by atoms with Crippen LogP contribution >= 0.6 is 0 Å². The SMILES string of the molecule is COc1c(C=NNc2ccc([N+](=O)[O-])cc2[N+](=O)[O-])c(C)nn1-c1ccccc1. The molecule has 3 rings (SSSR count). The standard InChI is InChI=1S/C18H16N6O5/c1-12-15(18(29-2)22(21-12)13-6-4-3-5-7-13)11-19-20-16-9-8-14(23(25)26)10-17(16)24(27)28/h3-11,20H,1-2H3. The molecule has 0 saturated carbocycles. The Morgan fingerprint density at radius 1 is 1.14 bits per heavy atom. The lowest BCUT2D eigenvalue weighted by molar-refractivity contribution is -0.393. The second-order valence-corrected chi connectivity index (χ2v) is 5.84. The second-order valence-electron chi connectivity index (χ2n) is 5.84. The minimum absolute atomic E-state index is 0.0175. The molecule has 3 aromatic rings. The van der Waals surface area contributed by atoms with E-state index in [2.05, 4.69) is 15.6 Å². The number of nitrogens with one attached hydrogen (secondary N) is 1. The highest BCUT2D eigenvalue weighted by Crippen LogP contribution is 2.29. The quantitative estimate of drug-likeness (QED) is 0.367. The number of nitro groups is 2. The van der Waals surface area contributed by atoms with Crippen molar-refractivity contribution in [2.24, 2.45) is 5.10 Å². The van der Waals surface area contributed by atoms with Crippen LogP contribution in [0.3, 0.4) is 0 Å². The minimum atomic E-state index is -0.718. The van der Waals surface area contributed by atoms with Crippen LogP contribution in [0.1, 0.15) is 11.3 Å². The Morgan fingerprint density at radius 2 is 1.86 bits per heavy atom. The maximum absolute atomic E-state index is 11.2. The Labute approximate surface area is 164 Å². The van der Waals surface area contributed by atoms with Gasteiger partial charge in [-0.3, -0.25) is 25.7 Å². The highest BCUT2D eigenvalue weighted by atomic mass is 16.6. The molecule has 0 spiro atoms. The van der Waals surface area contributed by atoms with E-state index >= 15 is 0 Å². The third-order valence-corrected chi connectivity index (χ3v) is 4.02. The number of nitro benzene ring substituents is 2. The van der Waals surface area contributed by atoms with E-state index in [0.717, 1.165) is 17.8 Å². The number of benzene rings is 2. The average molecular weight is 396 g/mol. The molecule has 0 saturated heterocycles. The van der Waals surface area contributed by atoms with Gasteiger partial charge >= 0.3 is 5.69 Å². The molecule has 0 unspecified atom stereocenters. The number of anilines is 1. The molecule has 0 fully saturated rings. The Bertz CT molecular complexity index is 1090. The number of aryl methyl sites for hydroxylation is 1. The predicted octanol–water partition coefficient (Wildman–Crippen LogP) is 3.45. The van der Waals surface area contributed by atoms with Gasteiger partial charge < -0.3 is 4.74 Å². The highest BCUT2D eigenvalue weighted by Gasteiger charge is 2.20. The number of para-hydroxylation sites is 1. The van der Waals surface area contributed by atoms with Crippen molar-refractivity contribution in [2.45, 2.75) is 6.92 Å². The molecule has 29 heavy (non-hydrogen) atoms. The number of hydrazone groups is 1. The summed E-state index contributed by atoms with van der Waals surface area (Å²) >= 11 is 0. The molecule has 1 N–H and O–H groups in total. The fraction of sp³-hybridized carbons (Fsp3) is 0.111. The number of methoxy groups -OCH3 is 1. The van der Waals surface area contributed by atoms with Gasteiger partial charge in [0.2, 0.25) is 5.88 Å². The third-order valence-electron chi connectivity index (χ3n) is 4.02. The van der Waals surface area contributed by atoms with E-state index in [-0.39, 0.29) is 11.4 Å². The maximum atomic E-state index is 11.2. The summed E-state index contributed by atoms with van der Waals surface area (Å²) in [6, 6.07) is 12.6. The van der Waals surface area contributed by atoms with Gasteiger partial charge in [-0.25, -0.2) is 4.68 Å². The van der Waals surface area contributed by atoms with Crippen molar-refractivity contribution in [1.29, 1.82) is 0 Å². The van der Waals surface area contributed by atoms with Gasteiger partial charge in [-0.15, -0.1) is 0 Å². The first kappa shape index (κ1) is 19.5. The van der Waals surface area contributed by atoms with Crippen molar-refractivity contribution in [1.82, 2.24) is 9.78 Å². The van der Waals surface area contributed by atoms with Crippen molar-refractivity contribution in [3.63, 3.8) is 0 Å². The summed E-state index contributed by atoms with van der Waals surface area (Å²) in [6.45, 7) is 1.78. The van der Waals surface area contributed by atoms with Crippen molar-refractivity contribution in [3.05, 3.63) is 80.0 Å². The zero-order valence-electron chi connectivity index (χ0n) is 15.5. The van der Waals surface area contributed by atoms with Crippen LogP contribution in [-0.2, 0) is 0 Å². The third kappa shape index (κ3) is 4.03. The van der Waals surface area contributed by atoms with Crippen LogP contribution in [0.15, 0.2) is 53.6 Å². The fourth-order valence-corrected chi connectivity index (χ4v) is 2.65. The number of hydrogen-bond acceptors (Lipinski definition) is 8. The lowest BCUT2D eigenvalue weighted by Gasteiger charge is -2.06. The molecule has 0 aliphatic rings. The van der Waals surface area contributed by atoms with Crippen LogP contribution in [0.25, 0.3) is 5.69 Å². The van der Waals surface area contributed by atoms with Crippen molar-refractivity contribution >= 4 is 23.3 Å². The van der Waals surface area contributed by atoms with E-state index in [4.69, 9.17) is 4.74 Å². The van der Waals surface area contributed by atoms with Crippen molar-refractivity contribution < 1.29 is 14.6 Å². The number of aromatic nitrogens is 2. The van der Waals surface area contributed by atoms with Gasteiger partial charge in [0.05, 0.1) is 46.2 Å². The summed E-state index contributed by atoms with van der Waals surface area (Å²) in [4.78, 5) is 20.6. The molecule has 1 heterocycles. The first-order chi connectivity index (χ1) is 13.9. The molecule has 1 aromatic heterocycles. The van der Waals surface area contributed by atoms with Gasteiger partial charge in [0, 0.05) is 6.07 Å². The number of rotatable bonds is 7. The first-order valence-electron chi connectivity index (χ1n) is 8.33. The predicted molar refractivity (Wildman–Crippen MR) is 106 cm³/mol. The van der Waals surface area contributed by atoms with E-state index < -0.39 is 15.5 Å². The van der Waals surface area contributed by atoms with E-state index in [0.29, 0.717) is 17.1 Å². The molecular formula is C18H16N6O5. The van der Waals surface area contributed by atoms with Crippen LogP contribution in [0.4, 0.5) is 17.1 Å². The zero-order chi connectivity index (χ0) is 21.0. The normalized spacial score (nSPS) is 10.8. The molecule has 0 aliphatic carbocycles. The van der Waals surface area contributed by atoms with Crippen LogP contribution < -0.4 is 10.2 Å². The summed E-state index contributed by atoms with van der Waals surface area (Å²) in [5, 5.41) is 30.5. The molecule has 0 bridgehead atoms. The topological polar surface area (TPSA) is 138 Å². The highest BCUT2D eigenvalue weighted by molar-refractivity contribution is 5.85. The average Bonchev–Trinajstić information content (AvgIpc) is 3.04. The Balaban J connectivity index is 1.91. The first-order valence-corrected chi connectivity index (χ1v) is 8.33. The minimum Gasteiger partial charge on any atom is -0.480 e. The Kier molecular flexibility index (Phi) is 5.49. The molecule has 2 aromatic carbocycles. The van der Waals surface area contributed by atoms with Crippen LogP contribution in [0, 0.1) is 27.2 Å². The van der Waals surface area contributed by atoms with Crippen molar-refractivity contribution in [2.75, 3.05) is 12.5 Å². The number of nitrogens with zero attached hydrogens (tertiary/aromatic N) is 5. The molecule has 0 atom stereocenters. The fourth-order valence-electron chi connectivity index (χ4n) is 2.65. The van der Waals surface area contributed by atoms with E-state index in [1.54, 1.807) is 11.6 Å². The smallest absolute Gasteiger partial charge is 0.301 e. The Hall–Kier alpha value is -4.28. The van der Waals surface area contributed by atoms with Gasteiger partial charge in [0.15, 0.2) is 0 Å². The van der Waals surface area contributed by atoms with Crippen LogP contribution in [0.5, 0.6) is 5.88 Å². The molecular weight excluding hydrogens is 380 g/mol. The summed E-state index contributed by atoms with van der Waals surface area (Å²) in [5.41, 5.74) is 3.74. The van der Waals surface area contributed by atoms with Crippen LogP contribution in [0.2, 0.25) is 0 Å². The summed E-state index contributed by atoms with van der Waals surface area (Å²) in [6.07, 6.45) is 1.42. The van der Waals surface area contributed by atoms with Crippen molar-refractivity contribution in [3.8, 4) is 11.6 Å². The Morgan fingerprint density at radius 3 is 2.48 bits per heavy atom. The molecule has 0 aliphatic heterocycles. The molecule has 0 amide bonds. The van der Waals surface area contributed by atoms with Gasteiger partial charge in [0.1, 0.15) is 5.69 Å². The van der Waals surface area contributed by atoms with Crippen LogP contribution in [-0.4, -0.2) is 33.0 Å². The van der Waals surface area contributed by atoms with Gasteiger partial charge in [-0.05, 0) is 25.1 Å². The molecule has 0 radical (unpaired) electrons. The lowest BCUT2D eigenvalue weighted by Crippen LogP contribution is -2.01. The van der Waals surface area contributed by atoms with E-state index in [9.17, 15) is 20.2 Å². The second kappa shape index (κ2) is 8.17. The number of hydrogen-bond donors (Lipinski definition) is 1. The number of non-ortho nitro benzene ring substituents is 1. The maximum Gasteiger partial charge on any atom is 0.301 e. The summed E-state index contributed by atoms with van der Waals surface area (Å²) < 4.78 is 7.07. The zero-order valence-corrected chi connectivity index (χ0v) is 15.5. The van der Waals surface area contributed by atoms with Gasteiger partial charge in [0.25, 0.3) is 5.69 Å². The summed E-state index contributed by atoms with van der Waals surface area (Å²) in [5.74, 6) is 0.442. The largest absolute Gasteiger partial charge is 0.480 e. The molecule has 11 heteroatoms. The van der Waals surface area contributed by atoms with Gasteiger partial charge in [-0.2, -0.15) is 10.2 Å². The van der Waals surface area contributed by atoms with E-state index in [1.807, 2.05) is 30.3 Å².